The van der Waals surface area contributed by atoms with Gasteiger partial charge in [-0.15, -0.1) is 0 Å². The highest BCUT2D eigenvalue weighted by molar-refractivity contribution is 5.80. The van der Waals surface area contributed by atoms with E-state index in [9.17, 15) is 9.18 Å². The van der Waals surface area contributed by atoms with Gasteiger partial charge in [-0.3, -0.25) is 9.79 Å². The standard InChI is InChI=1S/C21H27FN4O3/c1-23-21(26-14-16-7-8-18(28-2)19(12-16)29-3)25-10-9-24-20(27)13-15-5-4-6-17(22)11-15/h4-8,11-12H,9-10,13-14H2,1-3H3,(H,24,27)(H2,23,25,26). The first-order valence-electron chi connectivity index (χ1n) is 9.22. The van der Waals surface area contributed by atoms with Crippen LogP contribution in [0.25, 0.3) is 0 Å². The summed E-state index contributed by atoms with van der Waals surface area (Å²) in [5.41, 5.74) is 1.65. The van der Waals surface area contributed by atoms with Gasteiger partial charge in [0.2, 0.25) is 5.91 Å². The molecule has 2 rings (SSSR count). The molecule has 0 aliphatic heterocycles. The first-order valence-corrected chi connectivity index (χ1v) is 9.22. The van der Waals surface area contributed by atoms with Gasteiger partial charge in [-0.05, 0) is 35.4 Å². The summed E-state index contributed by atoms with van der Waals surface area (Å²) >= 11 is 0. The van der Waals surface area contributed by atoms with E-state index in [1.54, 1.807) is 33.4 Å². The van der Waals surface area contributed by atoms with Crippen LogP contribution in [0, 0.1) is 5.82 Å². The lowest BCUT2D eigenvalue weighted by Crippen LogP contribution is -2.41. The Balaban J connectivity index is 1.71. The van der Waals surface area contributed by atoms with Crippen molar-refractivity contribution in [2.24, 2.45) is 4.99 Å². The number of guanidine groups is 1. The Morgan fingerprint density at radius 3 is 2.41 bits per heavy atom. The Morgan fingerprint density at radius 1 is 0.966 bits per heavy atom. The highest BCUT2D eigenvalue weighted by Crippen LogP contribution is 2.27. The maximum absolute atomic E-state index is 13.2. The van der Waals surface area contributed by atoms with Crippen molar-refractivity contribution in [1.82, 2.24) is 16.0 Å². The van der Waals surface area contributed by atoms with Crippen molar-refractivity contribution in [3.63, 3.8) is 0 Å². The molecule has 0 saturated heterocycles. The van der Waals surface area contributed by atoms with E-state index in [-0.39, 0.29) is 18.1 Å². The number of halogens is 1. The number of rotatable bonds is 9. The number of amides is 1. The molecule has 8 heteroatoms. The Bertz CT molecular complexity index is 842. The number of aliphatic imine (C=N–C) groups is 1. The van der Waals surface area contributed by atoms with E-state index < -0.39 is 0 Å². The van der Waals surface area contributed by atoms with Crippen molar-refractivity contribution in [3.05, 3.63) is 59.4 Å². The lowest BCUT2D eigenvalue weighted by Gasteiger charge is -2.14. The van der Waals surface area contributed by atoms with Crippen molar-refractivity contribution in [1.29, 1.82) is 0 Å². The fraction of sp³-hybridized carbons (Fsp3) is 0.333. The number of hydrogen-bond acceptors (Lipinski definition) is 4. The number of carbonyl (C=O) groups excluding carboxylic acids is 1. The molecule has 0 atom stereocenters. The molecule has 0 unspecified atom stereocenters. The maximum Gasteiger partial charge on any atom is 0.224 e. The first kappa shape index (κ1) is 22.0. The lowest BCUT2D eigenvalue weighted by molar-refractivity contribution is -0.120. The van der Waals surface area contributed by atoms with Crippen molar-refractivity contribution in [3.8, 4) is 11.5 Å². The molecule has 2 aromatic rings. The fourth-order valence-corrected chi connectivity index (χ4v) is 2.67. The second kappa shape index (κ2) is 11.5. The summed E-state index contributed by atoms with van der Waals surface area (Å²) in [6, 6.07) is 11.7. The van der Waals surface area contributed by atoms with Gasteiger partial charge in [0.1, 0.15) is 5.82 Å². The third kappa shape index (κ3) is 7.33. The molecular weight excluding hydrogens is 375 g/mol. The van der Waals surface area contributed by atoms with Crippen molar-refractivity contribution in [2.75, 3.05) is 34.4 Å². The topological polar surface area (TPSA) is 84.0 Å². The van der Waals surface area contributed by atoms with E-state index in [2.05, 4.69) is 20.9 Å². The Kier molecular flexibility index (Phi) is 8.75. The van der Waals surface area contributed by atoms with Crippen LogP contribution in [-0.4, -0.2) is 46.2 Å². The normalized spacial score (nSPS) is 11.0. The first-order chi connectivity index (χ1) is 14.0. The van der Waals surface area contributed by atoms with Crippen LogP contribution in [0.15, 0.2) is 47.5 Å². The molecule has 156 valence electrons. The monoisotopic (exact) mass is 402 g/mol. The van der Waals surface area contributed by atoms with Gasteiger partial charge in [0.25, 0.3) is 0 Å². The number of ether oxygens (including phenoxy) is 2. The lowest BCUT2D eigenvalue weighted by atomic mass is 10.1. The van der Waals surface area contributed by atoms with Crippen LogP contribution in [-0.2, 0) is 17.8 Å². The Morgan fingerprint density at radius 2 is 1.72 bits per heavy atom. The number of benzene rings is 2. The molecule has 0 saturated carbocycles. The second-order valence-electron chi connectivity index (χ2n) is 6.20. The molecule has 1 amide bonds. The highest BCUT2D eigenvalue weighted by atomic mass is 19.1. The van der Waals surface area contributed by atoms with Crippen molar-refractivity contribution < 1.29 is 18.7 Å². The smallest absolute Gasteiger partial charge is 0.224 e. The molecule has 2 aromatic carbocycles. The van der Waals surface area contributed by atoms with Crippen LogP contribution in [0.3, 0.4) is 0 Å². The van der Waals surface area contributed by atoms with Crippen molar-refractivity contribution >= 4 is 11.9 Å². The molecule has 0 fully saturated rings. The number of methoxy groups -OCH3 is 2. The molecule has 29 heavy (non-hydrogen) atoms. The second-order valence-corrected chi connectivity index (χ2v) is 6.20. The highest BCUT2D eigenvalue weighted by Gasteiger charge is 2.06. The largest absolute Gasteiger partial charge is 0.493 e. The van der Waals surface area contributed by atoms with Crippen LogP contribution in [0.5, 0.6) is 11.5 Å². The minimum Gasteiger partial charge on any atom is -0.493 e. The molecule has 0 heterocycles. The summed E-state index contributed by atoms with van der Waals surface area (Å²) in [5.74, 6) is 1.44. The number of carbonyl (C=O) groups is 1. The summed E-state index contributed by atoms with van der Waals surface area (Å²) in [6.07, 6.45) is 0.143. The SMILES string of the molecule is CN=C(NCCNC(=O)Cc1cccc(F)c1)NCc1ccc(OC)c(OC)c1. The predicted molar refractivity (Wildman–Crippen MR) is 111 cm³/mol. The van der Waals surface area contributed by atoms with Crippen LogP contribution in [0.1, 0.15) is 11.1 Å². The van der Waals surface area contributed by atoms with Crippen LogP contribution in [0.4, 0.5) is 4.39 Å². The predicted octanol–water partition coefficient (Wildman–Crippen LogP) is 1.87. The van der Waals surface area contributed by atoms with Gasteiger partial charge in [-0.25, -0.2) is 4.39 Å². The minimum atomic E-state index is -0.346. The number of hydrogen-bond donors (Lipinski definition) is 3. The van der Waals surface area contributed by atoms with E-state index in [4.69, 9.17) is 9.47 Å². The molecule has 0 radical (unpaired) electrons. The van der Waals surface area contributed by atoms with Gasteiger partial charge in [0, 0.05) is 26.7 Å². The average Bonchev–Trinajstić information content (AvgIpc) is 2.73. The summed E-state index contributed by atoms with van der Waals surface area (Å²) in [4.78, 5) is 16.1. The molecule has 7 nitrogen and oxygen atoms in total. The third-order valence-electron chi connectivity index (χ3n) is 4.12. The summed E-state index contributed by atoms with van der Waals surface area (Å²) in [7, 11) is 4.86. The Hall–Kier alpha value is -3.29. The van der Waals surface area contributed by atoms with Gasteiger partial charge >= 0.3 is 0 Å². The minimum absolute atomic E-state index is 0.143. The molecule has 0 bridgehead atoms. The van der Waals surface area contributed by atoms with Crippen LogP contribution < -0.4 is 25.4 Å². The zero-order valence-electron chi connectivity index (χ0n) is 16.9. The number of nitrogens with one attached hydrogen (secondary N) is 3. The molecular formula is C21H27FN4O3. The van der Waals surface area contributed by atoms with Gasteiger partial charge < -0.3 is 25.4 Å². The van der Waals surface area contributed by atoms with E-state index in [1.165, 1.54) is 12.1 Å². The van der Waals surface area contributed by atoms with E-state index in [1.807, 2.05) is 18.2 Å². The van der Waals surface area contributed by atoms with Crippen LogP contribution >= 0.6 is 0 Å². The molecule has 0 spiro atoms. The molecule has 0 aliphatic carbocycles. The van der Waals surface area contributed by atoms with Crippen LogP contribution in [0.2, 0.25) is 0 Å². The Labute approximate surface area is 170 Å². The maximum atomic E-state index is 13.2. The quantitative estimate of drug-likeness (QED) is 0.339. The molecule has 3 N–H and O–H groups in total. The fourth-order valence-electron chi connectivity index (χ4n) is 2.67. The molecule has 0 aliphatic rings. The summed E-state index contributed by atoms with van der Waals surface area (Å²) in [6.45, 7) is 1.47. The molecule has 0 aromatic heterocycles. The van der Waals surface area contributed by atoms with Gasteiger partial charge in [0.15, 0.2) is 17.5 Å². The number of nitrogens with zero attached hydrogens (tertiary/aromatic N) is 1. The van der Waals surface area contributed by atoms with Crippen molar-refractivity contribution in [2.45, 2.75) is 13.0 Å². The van der Waals surface area contributed by atoms with Gasteiger partial charge in [-0.2, -0.15) is 0 Å². The zero-order valence-corrected chi connectivity index (χ0v) is 16.9. The summed E-state index contributed by atoms with van der Waals surface area (Å²) < 4.78 is 23.7. The average molecular weight is 402 g/mol. The van der Waals surface area contributed by atoms with Gasteiger partial charge in [0.05, 0.1) is 20.6 Å². The van der Waals surface area contributed by atoms with E-state index in [0.717, 1.165) is 5.56 Å². The third-order valence-corrected chi connectivity index (χ3v) is 4.12. The summed E-state index contributed by atoms with van der Waals surface area (Å²) in [5, 5.41) is 9.12. The van der Waals surface area contributed by atoms with E-state index >= 15 is 0 Å². The van der Waals surface area contributed by atoms with Gasteiger partial charge in [-0.1, -0.05) is 18.2 Å². The van der Waals surface area contributed by atoms with E-state index in [0.29, 0.717) is 42.7 Å². The zero-order chi connectivity index (χ0) is 21.1.